The largest absolute Gasteiger partial charge is 0.464 e. The SMILES string of the molecule is O=C(OCCc1ccccn1)[C@@H]1CCCN1S(=O)(=O)c1cccc2nsnc12. The summed E-state index contributed by atoms with van der Waals surface area (Å²) in [4.78, 5) is 16.8. The second kappa shape index (κ2) is 7.90. The van der Waals surface area contributed by atoms with Gasteiger partial charge in [-0.05, 0) is 37.1 Å². The van der Waals surface area contributed by atoms with Crippen molar-refractivity contribution in [2.75, 3.05) is 13.2 Å². The number of aromatic nitrogens is 3. The van der Waals surface area contributed by atoms with Crippen LogP contribution in [0.2, 0.25) is 0 Å². The maximum atomic E-state index is 13.2. The summed E-state index contributed by atoms with van der Waals surface area (Å²) in [6, 6.07) is 9.55. The van der Waals surface area contributed by atoms with Crippen molar-refractivity contribution in [1.82, 2.24) is 18.0 Å². The van der Waals surface area contributed by atoms with E-state index in [1.165, 1.54) is 10.4 Å². The average molecular weight is 419 g/mol. The van der Waals surface area contributed by atoms with Gasteiger partial charge >= 0.3 is 5.97 Å². The van der Waals surface area contributed by atoms with Crippen LogP contribution in [0.3, 0.4) is 0 Å². The van der Waals surface area contributed by atoms with Crippen molar-refractivity contribution in [3.8, 4) is 0 Å². The third-order valence-corrected chi connectivity index (χ3v) is 7.12. The van der Waals surface area contributed by atoms with E-state index in [2.05, 4.69) is 13.7 Å². The number of fused-ring (bicyclic) bond motifs is 1. The van der Waals surface area contributed by atoms with E-state index in [4.69, 9.17) is 4.74 Å². The predicted octanol–water partition coefficient (Wildman–Crippen LogP) is 2.03. The molecular formula is C18H18N4O4S2. The molecular weight excluding hydrogens is 400 g/mol. The van der Waals surface area contributed by atoms with Gasteiger partial charge in [0.1, 0.15) is 22.0 Å². The minimum Gasteiger partial charge on any atom is -0.464 e. The van der Waals surface area contributed by atoms with Gasteiger partial charge in [0, 0.05) is 24.9 Å². The Morgan fingerprint density at radius 2 is 2.11 bits per heavy atom. The molecule has 0 spiro atoms. The number of ether oxygens (including phenoxy) is 1. The molecule has 1 aromatic carbocycles. The molecule has 146 valence electrons. The summed E-state index contributed by atoms with van der Waals surface area (Å²) < 4.78 is 41.2. The zero-order valence-electron chi connectivity index (χ0n) is 14.9. The Morgan fingerprint density at radius 1 is 1.21 bits per heavy atom. The Morgan fingerprint density at radius 3 is 2.93 bits per heavy atom. The van der Waals surface area contributed by atoms with Crippen LogP contribution in [0, 0.1) is 0 Å². The van der Waals surface area contributed by atoms with Crippen LogP contribution < -0.4 is 0 Å². The molecule has 2 aromatic heterocycles. The van der Waals surface area contributed by atoms with Crippen LogP contribution >= 0.6 is 11.7 Å². The number of carbonyl (C=O) groups is 1. The van der Waals surface area contributed by atoms with Gasteiger partial charge in [0.15, 0.2) is 0 Å². The lowest BCUT2D eigenvalue weighted by Gasteiger charge is -2.22. The molecule has 10 heteroatoms. The van der Waals surface area contributed by atoms with Gasteiger partial charge in [-0.15, -0.1) is 0 Å². The highest BCUT2D eigenvalue weighted by molar-refractivity contribution is 7.89. The maximum absolute atomic E-state index is 13.2. The third kappa shape index (κ3) is 3.62. The van der Waals surface area contributed by atoms with E-state index in [0.29, 0.717) is 30.3 Å². The van der Waals surface area contributed by atoms with Gasteiger partial charge < -0.3 is 4.74 Å². The molecule has 28 heavy (non-hydrogen) atoms. The monoisotopic (exact) mass is 418 g/mol. The first kappa shape index (κ1) is 18.9. The van der Waals surface area contributed by atoms with Gasteiger partial charge in [-0.25, -0.2) is 8.42 Å². The molecule has 1 atom stereocenters. The number of carbonyl (C=O) groups excluding carboxylic acids is 1. The van der Waals surface area contributed by atoms with Crippen molar-refractivity contribution in [1.29, 1.82) is 0 Å². The second-order valence-corrected chi connectivity index (χ2v) is 8.79. The van der Waals surface area contributed by atoms with E-state index >= 15 is 0 Å². The van der Waals surface area contributed by atoms with Crippen LogP contribution in [0.5, 0.6) is 0 Å². The number of rotatable bonds is 6. The lowest BCUT2D eigenvalue weighted by atomic mass is 10.2. The number of nitrogens with zero attached hydrogens (tertiary/aromatic N) is 4. The average Bonchev–Trinajstić information content (AvgIpc) is 3.38. The Hall–Kier alpha value is -2.43. The van der Waals surface area contributed by atoms with Crippen LogP contribution in [0.4, 0.5) is 0 Å². The second-order valence-electron chi connectivity index (χ2n) is 6.40. The summed E-state index contributed by atoms with van der Waals surface area (Å²) in [7, 11) is -3.88. The van der Waals surface area contributed by atoms with E-state index in [-0.39, 0.29) is 18.0 Å². The van der Waals surface area contributed by atoms with Crippen molar-refractivity contribution in [3.63, 3.8) is 0 Å². The van der Waals surface area contributed by atoms with Crippen LogP contribution in [-0.4, -0.2) is 51.6 Å². The van der Waals surface area contributed by atoms with Crippen LogP contribution in [-0.2, 0) is 26.0 Å². The molecule has 8 nitrogen and oxygen atoms in total. The van der Waals surface area contributed by atoms with Gasteiger partial charge in [-0.2, -0.15) is 13.1 Å². The lowest BCUT2D eigenvalue weighted by Crippen LogP contribution is -2.41. The first-order valence-corrected chi connectivity index (χ1v) is 11.0. The molecule has 1 aliphatic heterocycles. The number of benzene rings is 1. The smallest absolute Gasteiger partial charge is 0.324 e. The number of esters is 1. The molecule has 0 bridgehead atoms. The number of sulfonamides is 1. The molecule has 0 aliphatic carbocycles. The molecule has 0 N–H and O–H groups in total. The fraction of sp³-hybridized carbons (Fsp3) is 0.333. The minimum absolute atomic E-state index is 0.0759. The van der Waals surface area contributed by atoms with Gasteiger partial charge in [0.05, 0.1) is 18.3 Å². The number of hydrogen-bond acceptors (Lipinski definition) is 8. The zero-order chi connectivity index (χ0) is 19.6. The number of pyridine rings is 1. The molecule has 0 unspecified atom stereocenters. The predicted molar refractivity (Wildman–Crippen MR) is 103 cm³/mol. The van der Waals surface area contributed by atoms with E-state index in [0.717, 1.165) is 17.4 Å². The molecule has 3 aromatic rings. The summed E-state index contributed by atoms with van der Waals surface area (Å²) in [5.74, 6) is -0.527. The zero-order valence-corrected chi connectivity index (χ0v) is 16.5. The normalized spacial score (nSPS) is 17.8. The molecule has 1 saturated heterocycles. The third-order valence-electron chi connectivity index (χ3n) is 4.64. The summed E-state index contributed by atoms with van der Waals surface area (Å²) in [5, 5.41) is 0. The first-order chi connectivity index (χ1) is 13.6. The van der Waals surface area contributed by atoms with Crippen molar-refractivity contribution in [3.05, 3.63) is 48.3 Å². The summed E-state index contributed by atoms with van der Waals surface area (Å²) in [5.41, 5.74) is 1.68. The Kier molecular flexibility index (Phi) is 5.33. The van der Waals surface area contributed by atoms with E-state index in [1.54, 1.807) is 18.3 Å². The number of hydrogen-bond donors (Lipinski definition) is 0. The minimum atomic E-state index is -3.88. The molecule has 1 fully saturated rings. The Balaban J connectivity index is 1.49. The standard InChI is InChI=1S/C18H18N4O4S2/c23-18(26-12-9-13-5-1-2-10-19-13)15-7-4-11-22(15)28(24,25)16-8-3-6-14-17(16)21-27-20-14/h1-3,5-6,8,10,15H,4,7,9,11-12H2/t15-/m0/s1. The van der Waals surface area contributed by atoms with E-state index in [9.17, 15) is 13.2 Å². The van der Waals surface area contributed by atoms with Gasteiger partial charge in [-0.1, -0.05) is 12.1 Å². The van der Waals surface area contributed by atoms with Crippen LogP contribution in [0.25, 0.3) is 11.0 Å². The summed E-state index contributed by atoms with van der Waals surface area (Å²) >= 11 is 0.961. The van der Waals surface area contributed by atoms with Gasteiger partial charge in [0.25, 0.3) is 0 Å². The summed E-state index contributed by atoms with van der Waals surface area (Å²) in [6.45, 7) is 0.433. The topological polar surface area (TPSA) is 102 Å². The fourth-order valence-electron chi connectivity index (χ4n) is 3.28. The van der Waals surface area contributed by atoms with E-state index in [1.807, 2.05) is 18.2 Å². The van der Waals surface area contributed by atoms with Crippen molar-refractivity contribution in [2.24, 2.45) is 0 Å². The Bertz CT molecular complexity index is 1090. The highest BCUT2D eigenvalue weighted by Gasteiger charge is 2.41. The Labute approximate surface area is 166 Å². The van der Waals surface area contributed by atoms with Gasteiger partial charge in [0.2, 0.25) is 10.0 Å². The molecule has 0 amide bonds. The lowest BCUT2D eigenvalue weighted by molar-refractivity contribution is -0.147. The molecule has 3 heterocycles. The van der Waals surface area contributed by atoms with Crippen molar-refractivity contribution < 1.29 is 17.9 Å². The van der Waals surface area contributed by atoms with Gasteiger partial charge in [-0.3, -0.25) is 9.78 Å². The molecule has 0 saturated carbocycles. The fourth-order valence-corrected chi connectivity index (χ4v) is 5.68. The van der Waals surface area contributed by atoms with Crippen molar-refractivity contribution in [2.45, 2.75) is 30.2 Å². The molecule has 0 radical (unpaired) electrons. The summed E-state index contributed by atoms with van der Waals surface area (Å²) in [6.07, 6.45) is 3.20. The molecule has 1 aliphatic rings. The maximum Gasteiger partial charge on any atom is 0.324 e. The van der Waals surface area contributed by atoms with E-state index < -0.39 is 22.0 Å². The first-order valence-electron chi connectivity index (χ1n) is 8.87. The highest BCUT2D eigenvalue weighted by atomic mass is 32.2. The van der Waals surface area contributed by atoms with Crippen LogP contribution in [0.15, 0.2) is 47.5 Å². The molecule has 4 rings (SSSR count). The highest BCUT2D eigenvalue weighted by Crippen LogP contribution is 2.30. The quantitative estimate of drug-likeness (QED) is 0.564. The van der Waals surface area contributed by atoms with Crippen LogP contribution in [0.1, 0.15) is 18.5 Å². The van der Waals surface area contributed by atoms with Crippen molar-refractivity contribution >= 4 is 38.8 Å².